The zero-order chi connectivity index (χ0) is 46.5. The summed E-state index contributed by atoms with van der Waals surface area (Å²) in [4.78, 5) is 38.0. The van der Waals surface area contributed by atoms with Gasteiger partial charge in [-0.05, 0) is 96.3 Å². The highest BCUT2D eigenvalue weighted by Gasteiger charge is 2.19. The molecule has 64 heavy (non-hydrogen) atoms. The number of unbranched alkanes of at least 4 members (excludes halogenated alkanes) is 28. The molecule has 0 aliphatic rings. The third kappa shape index (κ3) is 49.9. The second-order valence-electron chi connectivity index (χ2n) is 17.9. The first-order valence-corrected chi connectivity index (χ1v) is 27.0. The van der Waals surface area contributed by atoms with Crippen molar-refractivity contribution in [2.75, 3.05) is 13.2 Å². The van der Waals surface area contributed by atoms with E-state index in [1.807, 2.05) is 0 Å². The minimum Gasteiger partial charge on any atom is -0.462 e. The van der Waals surface area contributed by atoms with Crippen LogP contribution in [0.4, 0.5) is 0 Å². The van der Waals surface area contributed by atoms with Gasteiger partial charge in [0, 0.05) is 19.3 Å². The van der Waals surface area contributed by atoms with E-state index in [9.17, 15) is 14.4 Å². The summed E-state index contributed by atoms with van der Waals surface area (Å²) < 4.78 is 16.8. The van der Waals surface area contributed by atoms with Gasteiger partial charge in [0.1, 0.15) is 13.2 Å². The summed E-state index contributed by atoms with van der Waals surface area (Å²) in [5.74, 6) is -0.931. The lowest BCUT2D eigenvalue weighted by Gasteiger charge is -2.18. The normalized spacial score (nSPS) is 12.6. The minimum absolute atomic E-state index is 0.0927. The molecular weight excluding hydrogens is 793 g/mol. The molecule has 0 aliphatic carbocycles. The molecule has 0 saturated heterocycles. The molecule has 0 aromatic carbocycles. The van der Waals surface area contributed by atoms with Crippen molar-refractivity contribution in [1.29, 1.82) is 0 Å². The van der Waals surface area contributed by atoms with Crippen molar-refractivity contribution in [3.8, 4) is 0 Å². The Kier molecular flexibility index (Phi) is 49.9. The third-order valence-electron chi connectivity index (χ3n) is 11.5. The highest BCUT2D eigenvalue weighted by atomic mass is 16.6. The fourth-order valence-corrected chi connectivity index (χ4v) is 7.38. The molecule has 0 rings (SSSR count). The summed E-state index contributed by atoms with van der Waals surface area (Å²) >= 11 is 0. The first-order chi connectivity index (χ1) is 31.5. The Morgan fingerprint density at radius 1 is 0.312 bits per heavy atom. The number of hydrogen-bond donors (Lipinski definition) is 0. The highest BCUT2D eigenvalue weighted by molar-refractivity contribution is 5.71. The van der Waals surface area contributed by atoms with Gasteiger partial charge in [-0.1, -0.05) is 216 Å². The molecule has 6 heteroatoms. The molecule has 6 nitrogen and oxygen atoms in total. The van der Waals surface area contributed by atoms with Crippen LogP contribution in [0, 0.1) is 0 Å². The lowest BCUT2D eigenvalue weighted by Crippen LogP contribution is -2.30. The average molecular weight is 893 g/mol. The molecule has 0 bridgehead atoms. The number of esters is 3. The summed E-state index contributed by atoms with van der Waals surface area (Å²) in [5.41, 5.74) is 0. The SMILES string of the molecule is CCCCC\C=C/C=C\C=C/C=C\CCCCCCCC(=O)OCC(COC(=O)CCCCC/C=C\CCCCCCCC)OC(=O)CCCCCCCCC/C=C\CCCCCC. The molecule has 0 aromatic heterocycles. The number of allylic oxidation sites excluding steroid dienone is 12. The van der Waals surface area contributed by atoms with E-state index in [1.165, 1.54) is 122 Å². The second kappa shape index (κ2) is 52.5. The van der Waals surface area contributed by atoms with Crippen molar-refractivity contribution in [3.05, 3.63) is 72.9 Å². The van der Waals surface area contributed by atoms with Gasteiger partial charge in [0.15, 0.2) is 6.10 Å². The molecule has 1 atom stereocenters. The van der Waals surface area contributed by atoms with Gasteiger partial charge in [-0.15, -0.1) is 0 Å². The van der Waals surface area contributed by atoms with E-state index >= 15 is 0 Å². The van der Waals surface area contributed by atoms with Crippen LogP contribution in [0.2, 0.25) is 0 Å². The van der Waals surface area contributed by atoms with E-state index in [4.69, 9.17) is 14.2 Å². The van der Waals surface area contributed by atoms with Crippen molar-refractivity contribution in [2.24, 2.45) is 0 Å². The van der Waals surface area contributed by atoms with Crippen LogP contribution >= 0.6 is 0 Å². The number of hydrogen-bond acceptors (Lipinski definition) is 6. The predicted molar refractivity (Wildman–Crippen MR) is 274 cm³/mol. The van der Waals surface area contributed by atoms with Crippen molar-refractivity contribution in [3.63, 3.8) is 0 Å². The second-order valence-corrected chi connectivity index (χ2v) is 17.9. The van der Waals surface area contributed by atoms with Crippen LogP contribution in [0.25, 0.3) is 0 Å². The summed E-state index contributed by atoms with van der Waals surface area (Å²) in [7, 11) is 0. The smallest absolute Gasteiger partial charge is 0.306 e. The number of carbonyl (C=O) groups excluding carboxylic acids is 3. The predicted octanol–water partition coefficient (Wildman–Crippen LogP) is 17.8. The largest absolute Gasteiger partial charge is 0.462 e. The molecule has 368 valence electrons. The summed E-state index contributed by atoms with van der Waals surface area (Å²) in [6.45, 7) is 6.55. The first-order valence-electron chi connectivity index (χ1n) is 27.0. The van der Waals surface area contributed by atoms with Crippen LogP contribution in [0.1, 0.15) is 258 Å². The van der Waals surface area contributed by atoms with E-state index < -0.39 is 6.10 Å². The van der Waals surface area contributed by atoms with Crippen LogP contribution in [0.3, 0.4) is 0 Å². The van der Waals surface area contributed by atoms with Crippen molar-refractivity contribution in [1.82, 2.24) is 0 Å². The van der Waals surface area contributed by atoms with Gasteiger partial charge < -0.3 is 14.2 Å². The van der Waals surface area contributed by atoms with Gasteiger partial charge in [0.2, 0.25) is 0 Å². The van der Waals surface area contributed by atoms with E-state index in [1.54, 1.807) is 0 Å². The Hall–Kier alpha value is -3.15. The molecule has 0 aliphatic heterocycles. The van der Waals surface area contributed by atoms with Crippen molar-refractivity contribution in [2.45, 2.75) is 264 Å². The fourth-order valence-electron chi connectivity index (χ4n) is 7.38. The highest BCUT2D eigenvalue weighted by Crippen LogP contribution is 2.14. The summed E-state index contributed by atoms with van der Waals surface area (Å²) in [5, 5.41) is 0. The topological polar surface area (TPSA) is 78.9 Å². The monoisotopic (exact) mass is 893 g/mol. The van der Waals surface area contributed by atoms with Gasteiger partial charge in [-0.3, -0.25) is 14.4 Å². The lowest BCUT2D eigenvalue weighted by molar-refractivity contribution is -0.167. The van der Waals surface area contributed by atoms with Gasteiger partial charge in [-0.2, -0.15) is 0 Å². The fraction of sp³-hybridized carbons (Fsp3) is 0.741. The third-order valence-corrected chi connectivity index (χ3v) is 11.5. The molecule has 0 fully saturated rings. The Bertz CT molecular complexity index is 1210. The minimum atomic E-state index is -0.793. The molecule has 0 radical (unpaired) electrons. The van der Waals surface area contributed by atoms with Crippen LogP contribution in [-0.4, -0.2) is 37.2 Å². The maximum absolute atomic E-state index is 12.8. The molecule has 1 unspecified atom stereocenters. The Labute approximate surface area is 395 Å². The van der Waals surface area contributed by atoms with Gasteiger partial charge in [-0.25, -0.2) is 0 Å². The molecule has 0 aromatic rings. The molecule has 0 heterocycles. The molecular formula is C58H100O6. The number of rotatable bonds is 48. The molecule has 0 N–H and O–H groups in total. The summed E-state index contributed by atoms with van der Waals surface area (Å²) in [6, 6.07) is 0. The van der Waals surface area contributed by atoms with Gasteiger partial charge >= 0.3 is 17.9 Å². The van der Waals surface area contributed by atoms with Crippen molar-refractivity contribution < 1.29 is 28.6 Å². The van der Waals surface area contributed by atoms with E-state index in [-0.39, 0.29) is 31.1 Å². The zero-order valence-electron chi connectivity index (χ0n) is 42.0. The van der Waals surface area contributed by atoms with E-state index in [0.29, 0.717) is 19.3 Å². The van der Waals surface area contributed by atoms with Gasteiger partial charge in [0.25, 0.3) is 0 Å². The van der Waals surface area contributed by atoms with Crippen LogP contribution < -0.4 is 0 Å². The first kappa shape index (κ1) is 60.9. The van der Waals surface area contributed by atoms with E-state index in [2.05, 4.69) is 93.7 Å². The lowest BCUT2D eigenvalue weighted by atomic mass is 10.1. The molecule has 0 amide bonds. The van der Waals surface area contributed by atoms with Gasteiger partial charge in [0.05, 0.1) is 0 Å². The Balaban J connectivity index is 4.45. The van der Waals surface area contributed by atoms with Crippen LogP contribution in [0.5, 0.6) is 0 Å². The standard InChI is InChI=1S/C58H100O6/c1-4-7-10-13-16-19-22-25-27-28-29-31-33-36-39-42-45-48-51-57(60)63-54-55(53-62-56(59)50-47-44-41-38-35-32-24-21-18-15-12-9-6-3)64-58(61)52-49-46-43-40-37-34-30-26-23-20-17-14-11-8-5-2/h16,19-20,22-23,25,27-29,31-32,35,55H,4-15,17-18,21,24,26,30,33-34,36-54H2,1-3H3/b19-16-,23-20-,25-22-,28-27-,31-29-,35-32-. The quantitative estimate of drug-likeness (QED) is 0.0199. The Morgan fingerprint density at radius 3 is 0.984 bits per heavy atom. The number of carbonyl (C=O) groups is 3. The summed E-state index contributed by atoms with van der Waals surface area (Å²) in [6.07, 6.45) is 65.9. The maximum Gasteiger partial charge on any atom is 0.306 e. The Morgan fingerprint density at radius 2 is 0.578 bits per heavy atom. The molecule has 0 saturated carbocycles. The number of ether oxygens (including phenoxy) is 3. The zero-order valence-corrected chi connectivity index (χ0v) is 42.0. The van der Waals surface area contributed by atoms with Crippen LogP contribution in [-0.2, 0) is 28.6 Å². The molecule has 0 spiro atoms. The maximum atomic E-state index is 12.8. The van der Waals surface area contributed by atoms with E-state index in [0.717, 1.165) is 96.3 Å². The average Bonchev–Trinajstić information content (AvgIpc) is 3.29. The van der Waals surface area contributed by atoms with Crippen molar-refractivity contribution >= 4 is 17.9 Å². The van der Waals surface area contributed by atoms with Crippen LogP contribution in [0.15, 0.2) is 72.9 Å².